The predicted molar refractivity (Wildman–Crippen MR) is 97.3 cm³/mol. The maximum atomic E-state index is 12.5. The molecule has 0 saturated carbocycles. The van der Waals surface area contributed by atoms with Crippen LogP contribution in [0.15, 0.2) is 36.5 Å². The quantitative estimate of drug-likeness (QED) is 0.770. The van der Waals surface area contributed by atoms with Gasteiger partial charge in [0.05, 0.1) is 24.0 Å². The van der Waals surface area contributed by atoms with E-state index in [1.54, 1.807) is 6.20 Å². The molecule has 0 saturated heterocycles. The van der Waals surface area contributed by atoms with Crippen LogP contribution in [0.3, 0.4) is 0 Å². The van der Waals surface area contributed by atoms with Crippen LogP contribution in [-0.2, 0) is 13.0 Å². The SMILES string of the molecule is CCc1c(C(=O)NCCN(CC)CC)cnn1Cc1ccccc1. The Bertz CT molecular complexity index is 632. The normalized spacial score (nSPS) is 11.0. The van der Waals surface area contributed by atoms with Gasteiger partial charge >= 0.3 is 0 Å². The first kappa shape index (κ1) is 18.2. The van der Waals surface area contributed by atoms with Crippen molar-refractivity contribution in [1.82, 2.24) is 20.0 Å². The van der Waals surface area contributed by atoms with Crippen LogP contribution in [0.25, 0.3) is 0 Å². The summed E-state index contributed by atoms with van der Waals surface area (Å²) in [6, 6.07) is 10.2. The molecule has 5 nitrogen and oxygen atoms in total. The second-order valence-corrected chi connectivity index (χ2v) is 5.78. The smallest absolute Gasteiger partial charge is 0.254 e. The Hall–Kier alpha value is -2.14. The standard InChI is InChI=1S/C19H28N4O/c1-4-18-17(19(24)20-12-13-22(5-2)6-3)14-21-23(18)15-16-10-8-7-9-11-16/h7-11,14H,4-6,12-13,15H2,1-3H3,(H,20,24). The van der Waals surface area contributed by atoms with Crippen molar-refractivity contribution in [3.63, 3.8) is 0 Å². The summed E-state index contributed by atoms with van der Waals surface area (Å²) in [4.78, 5) is 14.8. The molecule has 0 atom stereocenters. The zero-order valence-electron chi connectivity index (χ0n) is 15.0. The highest BCUT2D eigenvalue weighted by Gasteiger charge is 2.16. The first-order chi connectivity index (χ1) is 11.7. The van der Waals surface area contributed by atoms with E-state index in [9.17, 15) is 4.79 Å². The van der Waals surface area contributed by atoms with Gasteiger partial charge in [-0.05, 0) is 25.1 Å². The maximum absolute atomic E-state index is 12.5. The largest absolute Gasteiger partial charge is 0.351 e. The van der Waals surface area contributed by atoms with Crippen LogP contribution in [0, 0.1) is 0 Å². The number of nitrogens with one attached hydrogen (secondary N) is 1. The minimum atomic E-state index is -0.0293. The van der Waals surface area contributed by atoms with Crippen molar-refractivity contribution >= 4 is 5.91 Å². The van der Waals surface area contributed by atoms with E-state index in [1.807, 2.05) is 22.9 Å². The van der Waals surface area contributed by atoms with Gasteiger partial charge in [-0.1, -0.05) is 51.1 Å². The highest BCUT2D eigenvalue weighted by molar-refractivity contribution is 5.95. The van der Waals surface area contributed by atoms with Crippen molar-refractivity contribution in [2.75, 3.05) is 26.2 Å². The number of nitrogens with zero attached hydrogens (tertiary/aromatic N) is 3. The summed E-state index contributed by atoms with van der Waals surface area (Å²) in [6.07, 6.45) is 2.47. The van der Waals surface area contributed by atoms with Gasteiger partial charge in [-0.15, -0.1) is 0 Å². The molecule has 0 bridgehead atoms. The summed E-state index contributed by atoms with van der Waals surface area (Å²) < 4.78 is 1.93. The van der Waals surface area contributed by atoms with Crippen LogP contribution in [0.1, 0.15) is 42.4 Å². The fourth-order valence-corrected chi connectivity index (χ4v) is 2.83. The lowest BCUT2D eigenvalue weighted by Crippen LogP contribution is -2.35. The third-order valence-electron chi connectivity index (χ3n) is 4.31. The Kier molecular flexibility index (Phi) is 7.00. The number of likely N-dealkylation sites (N-methyl/N-ethyl adjacent to an activating group) is 1. The molecule has 24 heavy (non-hydrogen) atoms. The number of benzene rings is 1. The molecular formula is C19H28N4O. The number of carbonyl (C=O) groups is 1. The average molecular weight is 328 g/mol. The second kappa shape index (κ2) is 9.23. The first-order valence-electron chi connectivity index (χ1n) is 8.78. The van der Waals surface area contributed by atoms with E-state index in [1.165, 1.54) is 5.56 Å². The van der Waals surface area contributed by atoms with Crippen molar-refractivity contribution in [2.45, 2.75) is 33.7 Å². The van der Waals surface area contributed by atoms with Gasteiger partial charge in [0.1, 0.15) is 0 Å². The number of aromatic nitrogens is 2. The molecule has 0 aliphatic heterocycles. The molecule has 1 N–H and O–H groups in total. The Morgan fingerprint density at radius 3 is 2.50 bits per heavy atom. The van der Waals surface area contributed by atoms with Crippen LogP contribution < -0.4 is 5.32 Å². The van der Waals surface area contributed by atoms with Gasteiger partial charge in [0.15, 0.2) is 0 Å². The molecule has 1 aromatic carbocycles. The van der Waals surface area contributed by atoms with Gasteiger partial charge < -0.3 is 10.2 Å². The summed E-state index contributed by atoms with van der Waals surface area (Å²) in [5.74, 6) is -0.0293. The van der Waals surface area contributed by atoms with Crippen LogP contribution in [-0.4, -0.2) is 46.8 Å². The molecule has 1 aromatic heterocycles. The van der Waals surface area contributed by atoms with Gasteiger partial charge in [-0.2, -0.15) is 5.10 Å². The molecule has 0 unspecified atom stereocenters. The summed E-state index contributed by atoms with van der Waals surface area (Å²) in [5, 5.41) is 7.44. The number of rotatable bonds is 9. The maximum Gasteiger partial charge on any atom is 0.254 e. The summed E-state index contributed by atoms with van der Waals surface area (Å²) >= 11 is 0. The molecule has 0 aliphatic carbocycles. The fraction of sp³-hybridized carbons (Fsp3) is 0.474. The Balaban J connectivity index is 2.01. The number of hydrogen-bond acceptors (Lipinski definition) is 3. The monoisotopic (exact) mass is 328 g/mol. The topological polar surface area (TPSA) is 50.2 Å². The summed E-state index contributed by atoms with van der Waals surface area (Å²) in [6.45, 7) is 10.6. The predicted octanol–water partition coefficient (Wildman–Crippen LogP) is 2.57. The van der Waals surface area contributed by atoms with Gasteiger partial charge in [0, 0.05) is 13.1 Å². The molecule has 130 valence electrons. The van der Waals surface area contributed by atoms with E-state index < -0.39 is 0 Å². The Morgan fingerprint density at radius 2 is 1.88 bits per heavy atom. The van der Waals surface area contributed by atoms with Crippen molar-refractivity contribution in [3.8, 4) is 0 Å². The average Bonchev–Trinajstić information content (AvgIpc) is 3.02. The van der Waals surface area contributed by atoms with E-state index >= 15 is 0 Å². The lowest BCUT2D eigenvalue weighted by atomic mass is 10.1. The molecule has 1 heterocycles. The van der Waals surface area contributed by atoms with Crippen LogP contribution >= 0.6 is 0 Å². The van der Waals surface area contributed by atoms with E-state index in [2.05, 4.69) is 48.2 Å². The molecule has 0 aliphatic rings. The van der Waals surface area contributed by atoms with E-state index in [0.717, 1.165) is 31.7 Å². The molecular weight excluding hydrogens is 300 g/mol. The van der Waals surface area contributed by atoms with Crippen molar-refractivity contribution in [2.24, 2.45) is 0 Å². The summed E-state index contributed by atoms with van der Waals surface area (Å²) in [7, 11) is 0. The number of hydrogen-bond donors (Lipinski definition) is 1. The highest BCUT2D eigenvalue weighted by Crippen LogP contribution is 2.12. The molecule has 2 aromatic rings. The lowest BCUT2D eigenvalue weighted by Gasteiger charge is -2.18. The third kappa shape index (κ3) is 4.68. The number of amides is 1. The van der Waals surface area contributed by atoms with Crippen LogP contribution in [0.2, 0.25) is 0 Å². The summed E-state index contributed by atoms with van der Waals surface area (Å²) in [5.41, 5.74) is 2.86. The van der Waals surface area contributed by atoms with E-state index in [4.69, 9.17) is 0 Å². The second-order valence-electron chi connectivity index (χ2n) is 5.78. The number of carbonyl (C=O) groups excluding carboxylic acids is 1. The van der Waals surface area contributed by atoms with Gasteiger partial charge in [-0.25, -0.2) is 0 Å². The zero-order valence-corrected chi connectivity index (χ0v) is 15.0. The zero-order chi connectivity index (χ0) is 17.4. The third-order valence-corrected chi connectivity index (χ3v) is 4.31. The van der Waals surface area contributed by atoms with E-state index in [0.29, 0.717) is 18.7 Å². The molecule has 0 fully saturated rings. The molecule has 2 rings (SSSR count). The first-order valence-corrected chi connectivity index (χ1v) is 8.78. The van der Waals surface area contributed by atoms with E-state index in [-0.39, 0.29) is 5.91 Å². The Labute approximate surface area is 144 Å². The van der Waals surface area contributed by atoms with Crippen LogP contribution in [0.5, 0.6) is 0 Å². The van der Waals surface area contributed by atoms with Gasteiger partial charge in [0.2, 0.25) is 0 Å². The molecule has 1 amide bonds. The molecule has 0 spiro atoms. The fourth-order valence-electron chi connectivity index (χ4n) is 2.83. The lowest BCUT2D eigenvalue weighted by molar-refractivity contribution is 0.0948. The van der Waals surface area contributed by atoms with Crippen molar-refractivity contribution in [1.29, 1.82) is 0 Å². The Morgan fingerprint density at radius 1 is 1.17 bits per heavy atom. The minimum Gasteiger partial charge on any atom is -0.351 e. The van der Waals surface area contributed by atoms with Crippen LogP contribution in [0.4, 0.5) is 0 Å². The minimum absolute atomic E-state index is 0.0293. The molecule has 5 heteroatoms. The van der Waals surface area contributed by atoms with Gasteiger partial charge in [0.25, 0.3) is 5.91 Å². The van der Waals surface area contributed by atoms with Crippen molar-refractivity contribution < 1.29 is 4.79 Å². The highest BCUT2D eigenvalue weighted by atomic mass is 16.1. The van der Waals surface area contributed by atoms with Gasteiger partial charge in [-0.3, -0.25) is 9.48 Å². The molecule has 0 radical (unpaired) electrons. The van der Waals surface area contributed by atoms with Crippen molar-refractivity contribution in [3.05, 3.63) is 53.3 Å².